The van der Waals surface area contributed by atoms with Crippen molar-refractivity contribution >= 4 is 11.9 Å². The highest BCUT2D eigenvalue weighted by molar-refractivity contribution is 5.72. The second-order valence-electron chi connectivity index (χ2n) is 9.10. The van der Waals surface area contributed by atoms with E-state index in [9.17, 15) is 9.59 Å². The van der Waals surface area contributed by atoms with Gasteiger partial charge in [-0.1, -0.05) is 105 Å². The summed E-state index contributed by atoms with van der Waals surface area (Å²) in [5, 5.41) is 0. The summed E-state index contributed by atoms with van der Waals surface area (Å²) in [4.78, 5) is 25.3. The van der Waals surface area contributed by atoms with Gasteiger partial charge < -0.3 is 9.47 Å². The van der Waals surface area contributed by atoms with Crippen LogP contribution in [0.25, 0.3) is 0 Å². The molecular weight excluding hydrogens is 388 g/mol. The van der Waals surface area contributed by atoms with E-state index < -0.39 is 5.79 Å². The Kier molecular flexibility index (Phi) is 20.1. The molecule has 0 saturated heterocycles. The Hall–Kier alpha value is -1.06. The minimum atomic E-state index is -1.07. The normalized spacial score (nSPS) is 11.5. The standard InChI is InChI=1S/C27H52O4/c1-5-9-13-16-17-20-24-27(23-12-8-4,30-25(28)21-18-14-10-6-2)31-26(29)22-19-15-11-7-3/h5-24H2,1-4H3. The monoisotopic (exact) mass is 440 g/mol. The van der Waals surface area contributed by atoms with Crippen LogP contribution < -0.4 is 0 Å². The van der Waals surface area contributed by atoms with Gasteiger partial charge in [0.1, 0.15) is 0 Å². The fourth-order valence-corrected chi connectivity index (χ4v) is 3.88. The van der Waals surface area contributed by atoms with Crippen molar-refractivity contribution in [1.29, 1.82) is 0 Å². The van der Waals surface area contributed by atoms with Crippen molar-refractivity contribution in [3.63, 3.8) is 0 Å². The van der Waals surface area contributed by atoms with E-state index in [4.69, 9.17) is 9.47 Å². The Morgan fingerprint density at radius 2 is 0.839 bits per heavy atom. The highest BCUT2D eigenvalue weighted by Crippen LogP contribution is 2.30. The molecule has 0 N–H and O–H groups in total. The Morgan fingerprint density at radius 1 is 0.484 bits per heavy atom. The number of ether oxygens (including phenoxy) is 2. The number of hydrogen-bond donors (Lipinski definition) is 0. The molecule has 4 nitrogen and oxygen atoms in total. The first-order chi connectivity index (χ1) is 15.0. The number of rotatable bonds is 22. The van der Waals surface area contributed by atoms with E-state index in [1.807, 2.05) is 0 Å². The average Bonchev–Trinajstić information content (AvgIpc) is 2.75. The molecule has 0 unspecified atom stereocenters. The van der Waals surface area contributed by atoms with Gasteiger partial charge in [-0.15, -0.1) is 0 Å². The number of unbranched alkanes of at least 4 members (excludes halogenated alkanes) is 12. The minimum Gasteiger partial charge on any atom is -0.422 e. The largest absolute Gasteiger partial charge is 0.422 e. The summed E-state index contributed by atoms with van der Waals surface area (Å²) in [6.45, 7) is 8.66. The fourth-order valence-electron chi connectivity index (χ4n) is 3.88. The lowest BCUT2D eigenvalue weighted by Gasteiger charge is -2.33. The Balaban J connectivity index is 4.98. The quantitative estimate of drug-likeness (QED) is 0.0960. The van der Waals surface area contributed by atoms with Crippen molar-refractivity contribution < 1.29 is 19.1 Å². The molecule has 0 aliphatic heterocycles. The summed E-state index contributed by atoms with van der Waals surface area (Å²) in [6.07, 6.45) is 19.2. The molecule has 0 spiro atoms. The number of carbonyl (C=O) groups is 2. The van der Waals surface area contributed by atoms with E-state index in [1.54, 1.807) is 0 Å². The van der Waals surface area contributed by atoms with Crippen LogP contribution in [0.4, 0.5) is 0 Å². The summed E-state index contributed by atoms with van der Waals surface area (Å²) >= 11 is 0. The average molecular weight is 441 g/mol. The SMILES string of the molecule is CCCCCCCCC(CCCC)(OC(=O)CCCCCC)OC(=O)CCCCCC. The van der Waals surface area contributed by atoms with Gasteiger partial charge in [-0.3, -0.25) is 9.59 Å². The molecule has 0 radical (unpaired) electrons. The third-order valence-corrected chi connectivity index (χ3v) is 5.89. The zero-order valence-electron chi connectivity index (χ0n) is 21.3. The van der Waals surface area contributed by atoms with Gasteiger partial charge in [-0.05, 0) is 25.7 Å². The van der Waals surface area contributed by atoms with Crippen LogP contribution in [0.3, 0.4) is 0 Å². The van der Waals surface area contributed by atoms with Crippen LogP contribution in [-0.2, 0) is 19.1 Å². The second-order valence-corrected chi connectivity index (χ2v) is 9.10. The van der Waals surface area contributed by atoms with E-state index in [2.05, 4.69) is 27.7 Å². The third-order valence-electron chi connectivity index (χ3n) is 5.89. The maximum atomic E-state index is 12.6. The van der Waals surface area contributed by atoms with Crippen LogP contribution >= 0.6 is 0 Å². The lowest BCUT2D eigenvalue weighted by Crippen LogP contribution is -2.40. The van der Waals surface area contributed by atoms with E-state index in [0.29, 0.717) is 25.7 Å². The first kappa shape index (κ1) is 29.9. The molecule has 0 saturated carbocycles. The summed E-state index contributed by atoms with van der Waals surface area (Å²) in [7, 11) is 0. The Bertz CT molecular complexity index is 407. The van der Waals surface area contributed by atoms with Gasteiger partial charge >= 0.3 is 11.9 Å². The smallest absolute Gasteiger partial charge is 0.309 e. The number of esters is 2. The van der Waals surface area contributed by atoms with Crippen LogP contribution in [0.5, 0.6) is 0 Å². The predicted octanol–water partition coefficient (Wildman–Crippen LogP) is 8.65. The molecule has 0 fully saturated rings. The summed E-state index contributed by atoms with van der Waals surface area (Å²) in [6, 6.07) is 0. The zero-order valence-corrected chi connectivity index (χ0v) is 21.3. The molecule has 0 aromatic carbocycles. The predicted molar refractivity (Wildman–Crippen MR) is 130 cm³/mol. The van der Waals surface area contributed by atoms with E-state index in [0.717, 1.165) is 77.0 Å². The number of carbonyl (C=O) groups excluding carboxylic acids is 2. The summed E-state index contributed by atoms with van der Waals surface area (Å²) < 4.78 is 11.9. The lowest BCUT2D eigenvalue weighted by molar-refractivity contribution is -0.235. The summed E-state index contributed by atoms with van der Waals surface area (Å²) in [5.74, 6) is -1.49. The first-order valence-corrected chi connectivity index (χ1v) is 13.5. The molecule has 0 aromatic heterocycles. The van der Waals surface area contributed by atoms with Crippen molar-refractivity contribution in [2.45, 2.75) is 162 Å². The van der Waals surface area contributed by atoms with Crippen molar-refractivity contribution in [1.82, 2.24) is 0 Å². The van der Waals surface area contributed by atoms with Crippen LogP contribution in [0.2, 0.25) is 0 Å². The van der Waals surface area contributed by atoms with Crippen LogP contribution in [0.15, 0.2) is 0 Å². The molecule has 0 aliphatic rings. The van der Waals surface area contributed by atoms with Gasteiger partial charge in [0, 0.05) is 25.7 Å². The molecule has 0 aliphatic carbocycles. The van der Waals surface area contributed by atoms with E-state index in [-0.39, 0.29) is 11.9 Å². The second kappa shape index (κ2) is 20.8. The maximum Gasteiger partial charge on any atom is 0.309 e. The molecule has 4 heteroatoms. The zero-order chi connectivity index (χ0) is 23.2. The van der Waals surface area contributed by atoms with Gasteiger partial charge in [-0.25, -0.2) is 0 Å². The van der Waals surface area contributed by atoms with Crippen molar-refractivity contribution in [2.24, 2.45) is 0 Å². The highest BCUT2D eigenvalue weighted by atomic mass is 16.7. The van der Waals surface area contributed by atoms with Crippen molar-refractivity contribution in [2.75, 3.05) is 0 Å². The highest BCUT2D eigenvalue weighted by Gasteiger charge is 2.37. The number of hydrogen-bond acceptors (Lipinski definition) is 4. The molecule has 0 bridgehead atoms. The molecule has 31 heavy (non-hydrogen) atoms. The van der Waals surface area contributed by atoms with Crippen LogP contribution in [-0.4, -0.2) is 17.7 Å². The van der Waals surface area contributed by atoms with E-state index >= 15 is 0 Å². The van der Waals surface area contributed by atoms with Crippen LogP contribution in [0, 0.1) is 0 Å². The first-order valence-electron chi connectivity index (χ1n) is 13.5. The topological polar surface area (TPSA) is 52.6 Å². The lowest BCUT2D eigenvalue weighted by atomic mass is 9.99. The molecule has 0 aromatic rings. The maximum absolute atomic E-state index is 12.6. The van der Waals surface area contributed by atoms with Gasteiger partial charge in [0.15, 0.2) is 0 Å². The van der Waals surface area contributed by atoms with Gasteiger partial charge in [0.05, 0.1) is 0 Å². The van der Waals surface area contributed by atoms with Gasteiger partial charge in [0.2, 0.25) is 0 Å². The molecule has 0 rings (SSSR count). The van der Waals surface area contributed by atoms with Crippen molar-refractivity contribution in [3.05, 3.63) is 0 Å². The summed E-state index contributed by atoms with van der Waals surface area (Å²) in [5.41, 5.74) is 0. The third kappa shape index (κ3) is 17.2. The van der Waals surface area contributed by atoms with Gasteiger partial charge in [-0.2, -0.15) is 0 Å². The van der Waals surface area contributed by atoms with Crippen molar-refractivity contribution in [3.8, 4) is 0 Å². The molecular formula is C27H52O4. The molecule has 184 valence electrons. The van der Waals surface area contributed by atoms with E-state index in [1.165, 1.54) is 25.7 Å². The molecule has 0 atom stereocenters. The fraction of sp³-hybridized carbons (Fsp3) is 0.926. The van der Waals surface area contributed by atoms with Crippen LogP contribution in [0.1, 0.15) is 156 Å². The molecule has 0 heterocycles. The molecule has 0 amide bonds. The van der Waals surface area contributed by atoms with Gasteiger partial charge in [0.25, 0.3) is 5.79 Å². The Labute approximate surface area is 193 Å². The minimum absolute atomic E-state index is 0.211. The Morgan fingerprint density at radius 3 is 1.29 bits per heavy atom.